The smallest absolute Gasteiger partial charge is 0.0512 e. The quantitative estimate of drug-likeness (QED) is 0.676. The first-order valence-corrected chi connectivity index (χ1v) is 11.1. The van der Waals surface area contributed by atoms with E-state index in [0.29, 0.717) is 5.41 Å². The minimum Gasteiger partial charge on any atom is -0.299 e. The van der Waals surface area contributed by atoms with Crippen molar-refractivity contribution in [2.45, 2.75) is 82.3 Å². The summed E-state index contributed by atoms with van der Waals surface area (Å²) < 4.78 is 0. The number of hydrogen-bond acceptors (Lipinski definition) is 3. The second-order valence-electron chi connectivity index (χ2n) is 10.1. The van der Waals surface area contributed by atoms with Gasteiger partial charge in [0.1, 0.15) is 0 Å². The maximum Gasteiger partial charge on any atom is 0.0512 e. The van der Waals surface area contributed by atoms with E-state index in [-0.39, 0.29) is 0 Å². The Hall–Kier alpha value is -0.120. The maximum absolute atomic E-state index is 3.00. The van der Waals surface area contributed by atoms with E-state index in [0.717, 1.165) is 30.0 Å². The van der Waals surface area contributed by atoms with E-state index in [1.54, 1.807) is 19.3 Å². The van der Waals surface area contributed by atoms with Gasteiger partial charge in [0.05, 0.1) is 6.67 Å². The van der Waals surface area contributed by atoms with Crippen molar-refractivity contribution < 1.29 is 0 Å². The molecule has 0 unspecified atom stereocenters. The summed E-state index contributed by atoms with van der Waals surface area (Å²) in [6.45, 7) is 6.94. The van der Waals surface area contributed by atoms with Gasteiger partial charge in [0.25, 0.3) is 0 Å². The molecule has 1 saturated carbocycles. The Bertz CT molecular complexity index is 507. The molecule has 0 amide bonds. The van der Waals surface area contributed by atoms with Crippen LogP contribution in [-0.2, 0) is 0 Å². The van der Waals surface area contributed by atoms with E-state index >= 15 is 0 Å². The van der Waals surface area contributed by atoms with Gasteiger partial charge in [0.2, 0.25) is 0 Å². The molecule has 0 aromatic carbocycles. The summed E-state index contributed by atoms with van der Waals surface area (Å²) in [5, 5.41) is 0. The van der Waals surface area contributed by atoms with Gasteiger partial charge in [0.15, 0.2) is 0 Å². The summed E-state index contributed by atoms with van der Waals surface area (Å²) in [5.41, 5.74) is 0.626. The van der Waals surface area contributed by atoms with E-state index in [1.807, 2.05) is 0 Å². The predicted molar refractivity (Wildman–Crippen MR) is 96.8 cm³/mol. The number of piperidine rings is 4. The van der Waals surface area contributed by atoms with Gasteiger partial charge in [-0.15, -0.1) is 0 Å². The van der Waals surface area contributed by atoms with Crippen LogP contribution in [0, 0.1) is 17.3 Å². The van der Waals surface area contributed by atoms with Crippen LogP contribution < -0.4 is 0 Å². The molecule has 1 spiro atoms. The van der Waals surface area contributed by atoms with Crippen LogP contribution in [0.15, 0.2) is 0 Å². The monoisotopic (exact) mass is 329 g/mol. The lowest BCUT2D eigenvalue weighted by atomic mass is 9.51. The lowest BCUT2D eigenvalue weighted by Gasteiger charge is -2.70. The molecule has 5 saturated heterocycles. The van der Waals surface area contributed by atoms with Gasteiger partial charge in [-0.25, -0.2) is 0 Å². The molecule has 6 atom stereocenters. The molecule has 5 aliphatic heterocycles. The normalized spacial score (nSPS) is 52.2. The van der Waals surface area contributed by atoms with E-state index in [9.17, 15) is 0 Å². The summed E-state index contributed by atoms with van der Waals surface area (Å²) in [7, 11) is 0. The standard InChI is InChI=1S/C21H35N3/c1-3-9-22-14-21-13-17(18(22)7-1)12-16-6-5-11-24(20(16)21)15-23-10-4-2-8-19(21)23/h16-20H,1-15H2/t16-,17+,18+,19+,20+,21+/m0/s1. The highest BCUT2D eigenvalue weighted by Crippen LogP contribution is 2.59. The van der Waals surface area contributed by atoms with Gasteiger partial charge in [-0.3, -0.25) is 14.7 Å². The topological polar surface area (TPSA) is 9.72 Å². The average Bonchev–Trinajstić information content (AvgIpc) is 2.62. The SMILES string of the molecule is C1CCN2C[C@]34C[C@@H](C[C@@H]5CCCN(CN6CCCC[C@@H]63)[C@H]54)[C@H]2C1. The van der Waals surface area contributed by atoms with Crippen molar-refractivity contribution in [2.24, 2.45) is 17.3 Å². The zero-order chi connectivity index (χ0) is 15.7. The van der Waals surface area contributed by atoms with Crippen LogP contribution in [0.2, 0.25) is 0 Å². The fourth-order valence-electron chi connectivity index (χ4n) is 8.53. The lowest BCUT2D eigenvalue weighted by Crippen LogP contribution is -2.77. The summed E-state index contributed by atoms with van der Waals surface area (Å²) in [5.74, 6) is 2.06. The van der Waals surface area contributed by atoms with Gasteiger partial charge in [-0.2, -0.15) is 0 Å². The average molecular weight is 330 g/mol. The first-order valence-electron chi connectivity index (χ1n) is 11.1. The molecule has 2 bridgehead atoms. The third-order valence-corrected chi connectivity index (χ3v) is 9.04. The molecule has 3 nitrogen and oxygen atoms in total. The van der Waals surface area contributed by atoms with Gasteiger partial charge < -0.3 is 0 Å². The molecule has 3 heteroatoms. The van der Waals surface area contributed by atoms with E-state index in [1.165, 1.54) is 77.8 Å². The van der Waals surface area contributed by atoms with Crippen LogP contribution >= 0.6 is 0 Å². The second kappa shape index (κ2) is 5.44. The molecule has 0 aromatic heterocycles. The number of fused-ring (bicyclic) bond motifs is 4. The number of hydrogen-bond donors (Lipinski definition) is 0. The Kier molecular flexibility index (Phi) is 3.40. The Morgan fingerprint density at radius 2 is 1.54 bits per heavy atom. The molecule has 1 aliphatic carbocycles. The van der Waals surface area contributed by atoms with Gasteiger partial charge in [-0.05, 0) is 82.8 Å². The second-order valence-corrected chi connectivity index (χ2v) is 10.1. The van der Waals surface area contributed by atoms with Crippen LogP contribution in [0.25, 0.3) is 0 Å². The fourth-order valence-corrected chi connectivity index (χ4v) is 8.53. The third kappa shape index (κ3) is 1.95. The van der Waals surface area contributed by atoms with Crippen molar-refractivity contribution in [3.05, 3.63) is 0 Å². The van der Waals surface area contributed by atoms with E-state index in [4.69, 9.17) is 0 Å². The summed E-state index contributed by atoms with van der Waals surface area (Å²) in [4.78, 5) is 8.91. The number of nitrogens with zero attached hydrogens (tertiary/aromatic N) is 3. The van der Waals surface area contributed by atoms with Gasteiger partial charge in [-0.1, -0.05) is 12.8 Å². The largest absolute Gasteiger partial charge is 0.299 e. The molecule has 0 radical (unpaired) electrons. The Morgan fingerprint density at radius 3 is 2.50 bits per heavy atom. The summed E-state index contributed by atoms with van der Waals surface area (Å²) in [6, 6.07) is 2.81. The molecule has 134 valence electrons. The van der Waals surface area contributed by atoms with E-state index in [2.05, 4.69) is 14.7 Å². The Labute approximate surface area is 147 Å². The Morgan fingerprint density at radius 1 is 0.708 bits per heavy atom. The molecule has 24 heavy (non-hydrogen) atoms. The van der Waals surface area contributed by atoms with Gasteiger partial charge >= 0.3 is 0 Å². The molecular weight excluding hydrogens is 294 g/mol. The highest BCUT2D eigenvalue weighted by molar-refractivity contribution is 5.16. The first kappa shape index (κ1) is 15.0. The molecule has 0 N–H and O–H groups in total. The maximum atomic E-state index is 3.00. The van der Waals surface area contributed by atoms with Crippen molar-refractivity contribution in [3.8, 4) is 0 Å². The zero-order valence-corrected chi connectivity index (χ0v) is 15.3. The highest BCUT2D eigenvalue weighted by Gasteiger charge is 2.63. The molecule has 6 fully saturated rings. The van der Waals surface area contributed by atoms with Crippen molar-refractivity contribution in [3.63, 3.8) is 0 Å². The van der Waals surface area contributed by atoms with Gasteiger partial charge in [0, 0.05) is 30.1 Å². The lowest BCUT2D eigenvalue weighted by molar-refractivity contribution is -0.215. The van der Waals surface area contributed by atoms with Crippen molar-refractivity contribution in [1.82, 2.24) is 14.7 Å². The highest BCUT2D eigenvalue weighted by atomic mass is 15.4. The molecular formula is C21H35N3. The zero-order valence-electron chi connectivity index (χ0n) is 15.3. The van der Waals surface area contributed by atoms with Crippen LogP contribution in [0.1, 0.15) is 64.2 Å². The molecule has 0 aromatic rings. The summed E-state index contributed by atoms with van der Waals surface area (Å²) >= 11 is 0. The molecule has 5 heterocycles. The molecule has 6 aliphatic rings. The van der Waals surface area contributed by atoms with Crippen molar-refractivity contribution >= 4 is 0 Å². The van der Waals surface area contributed by atoms with Crippen LogP contribution in [0.4, 0.5) is 0 Å². The Balaban J connectivity index is 1.43. The minimum absolute atomic E-state index is 0.626. The molecule has 6 rings (SSSR count). The van der Waals surface area contributed by atoms with Crippen LogP contribution in [0.5, 0.6) is 0 Å². The first-order chi connectivity index (χ1) is 11.9. The minimum atomic E-state index is 0.626. The predicted octanol–water partition coefficient (Wildman–Crippen LogP) is 3.16. The van der Waals surface area contributed by atoms with Crippen molar-refractivity contribution in [2.75, 3.05) is 32.8 Å². The van der Waals surface area contributed by atoms with Crippen LogP contribution in [-0.4, -0.2) is 65.7 Å². The van der Waals surface area contributed by atoms with Crippen LogP contribution in [0.3, 0.4) is 0 Å². The number of rotatable bonds is 0. The van der Waals surface area contributed by atoms with E-state index < -0.39 is 0 Å². The third-order valence-electron chi connectivity index (χ3n) is 9.04. The van der Waals surface area contributed by atoms with Crippen molar-refractivity contribution in [1.29, 1.82) is 0 Å². The summed E-state index contributed by atoms with van der Waals surface area (Å²) in [6.07, 6.45) is 15.1. The fraction of sp³-hybridized carbons (Fsp3) is 1.00.